The SMILES string of the molecule is CCOC(=O)c1ccc(S(=O)(=O)Nc2ccc3c(c2)sc(=O)n3C(C)C)cc1. The molecule has 2 aromatic carbocycles. The van der Waals surface area contributed by atoms with E-state index in [9.17, 15) is 18.0 Å². The van der Waals surface area contributed by atoms with E-state index in [4.69, 9.17) is 4.74 Å². The molecule has 0 spiro atoms. The van der Waals surface area contributed by atoms with Gasteiger partial charge < -0.3 is 4.74 Å². The number of benzene rings is 2. The molecule has 1 heterocycles. The zero-order valence-corrected chi connectivity index (χ0v) is 17.3. The molecular formula is C19H20N2O5S2. The summed E-state index contributed by atoms with van der Waals surface area (Å²) in [5.41, 5.74) is 1.41. The molecule has 9 heteroatoms. The quantitative estimate of drug-likeness (QED) is 0.615. The Kier molecular flexibility index (Phi) is 5.57. The summed E-state index contributed by atoms with van der Waals surface area (Å²) in [6.07, 6.45) is 0. The van der Waals surface area contributed by atoms with Crippen molar-refractivity contribution in [3.63, 3.8) is 0 Å². The minimum absolute atomic E-state index is 0.0155. The van der Waals surface area contributed by atoms with Crippen molar-refractivity contribution in [3.05, 3.63) is 57.7 Å². The van der Waals surface area contributed by atoms with E-state index in [1.807, 2.05) is 13.8 Å². The van der Waals surface area contributed by atoms with Gasteiger partial charge in [-0.25, -0.2) is 13.2 Å². The number of esters is 1. The summed E-state index contributed by atoms with van der Waals surface area (Å²) in [5, 5.41) is 0. The molecule has 0 aliphatic heterocycles. The molecule has 0 radical (unpaired) electrons. The second kappa shape index (κ2) is 7.76. The molecule has 0 aliphatic carbocycles. The van der Waals surface area contributed by atoms with E-state index in [2.05, 4.69) is 4.72 Å². The summed E-state index contributed by atoms with van der Waals surface area (Å²) in [6.45, 7) is 5.78. The van der Waals surface area contributed by atoms with E-state index in [1.54, 1.807) is 29.7 Å². The third-order valence-electron chi connectivity index (χ3n) is 4.06. The van der Waals surface area contributed by atoms with Crippen LogP contribution < -0.4 is 9.60 Å². The van der Waals surface area contributed by atoms with Gasteiger partial charge in [0.2, 0.25) is 0 Å². The Hall–Kier alpha value is -2.65. The number of carbonyl (C=O) groups excluding carboxylic acids is 1. The van der Waals surface area contributed by atoms with E-state index in [-0.39, 0.29) is 28.0 Å². The monoisotopic (exact) mass is 420 g/mol. The van der Waals surface area contributed by atoms with Crippen LogP contribution in [-0.4, -0.2) is 25.6 Å². The smallest absolute Gasteiger partial charge is 0.338 e. The molecule has 0 saturated heterocycles. The molecule has 0 unspecified atom stereocenters. The Morgan fingerprint density at radius 3 is 2.46 bits per heavy atom. The van der Waals surface area contributed by atoms with Crippen molar-refractivity contribution in [2.24, 2.45) is 0 Å². The number of carbonyl (C=O) groups is 1. The van der Waals surface area contributed by atoms with Crippen molar-refractivity contribution in [2.75, 3.05) is 11.3 Å². The Morgan fingerprint density at radius 1 is 1.18 bits per heavy atom. The molecule has 1 aromatic heterocycles. The van der Waals surface area contributed by atoms with Gasteiger partial charge in [-0.2, -0.15) is 0 Å². The van der Waals surface area contributed by atoms with Crippen molar-refractivity contribution < 1.29 is 17.9 Å². The molecule has 0 amide bonds. The zero-order chi connectivity index (χ0) is 20.5. The Labute approximate surface area is 166 Å². The Bertz CT molecular complexity index is 1180. The maximum atomic E-state index is 12.6. The Morgan fingerprint density at radius 2 is 1.86 bits per heavy atom. The van der Waals surface area contributed by atoms with Crippen LogP contribution in [0, 0.1) is 0 Å². The van der Waals surface area contributed by atoms with Crippen LogP contribution in [0.15, 0.2) is 52.2 Å². The number of nitrogens with one attached hydrogen (secondary N) is 1. The van der Waals surface area contributed by atoms with Crippen LogP contribution in [0.5, 0.6) is 0 Å². The third-order valence-corrected chi connectivity index (χ3v) is 6.37. The van der Waals surface area contributed by atoms with Gasteiger partial charge in [0.05, 0.1) is 33.0 Å². The summed E-state index contributed by atoms with van der Waals surface area (Å²) in [5.74, 6) is -0.505. The summed E-state index contributed by atoms with van der Waals surface area (Å²) in [6, 6.07) is 10.5. The highest BCUT2D eigenvalue weighted by molar-refractivity contribution is 7.92. The molecule has 0 bridgehead atoms. The zero-order valence-electron chi connectivity index (χ0n) is 15.6. The van der Waals surface area contributed by atoms with Crippen LogP contribution in [-0.2, 0) is 14.8 Å². The summed E-state index contributed by atoms with van der Waals surface area (Å²) >= 11 is 1.07. The molecule has 1 N–H and O–H groups in total. The fraction of sp³-hybridized carbons (Fsp3) is 0.263. The number of anilines is 1. The molecule has 0 aliphatic rings. The van der Waals surface area contributed by atoms with Crippen LogP contribution in [0.4, 0.5) is 5.69 Å². The highest BCUT2D eigenvalue weighted by Crippen LogP contribution is 2.25. The maximum Gasteiger partial charge on any atom is 0.338 e. The minimum Gasteiger partial charge on any atom is -0.462 e. The lowest BCUT2D eigenvalue weighted by atomic mass is 10.2. The first-order chi connectivity index (χ1) is 13.2. The van der Waals surface area contributed by atoms with Crippen LogP contribution in [0.1, 0.15) is 37.2 Å². The van der Waals surface area contributed by atoms with Crippen molar-refractivity contribution >= 4 is 43.2 Å². The first kappa shape index (κ1) is 20.1. The first-order valence-electron chi connectivity index (χ1n) is 8.68. The van der Waals surface area contributed by atoms with Crippen molar-refractivity contribution in [1.82, 2.24) is 4.57 Å². The average molecular weight is 421 g/mol. The van der Waals surface area contributed by atoms with Gasteiger partial charge in [-0.3, -0.25) is 14.1 Å². The van der Waals surface area contributed by atoms with E-state index in [0.29, 0.717) is 10.4 Å². The van der Waals surface area contributed by atoms with Gasteiger partial charge in [-0.15, -0.1) is 0 Å². The fourth-order valence-corrected chi connectivity index (χ4v) is 4.89. The molecule has 0 saturated carbocycles. The van der Waals surface area contributed by atoms with Gasteiger partial charge in [-0.1, -0.05) is 11.3 Å². The summed E-state index contributed by atoms with van der Waals surface area (Å²) in [4.78, 5) is 23.8. The van der Waals surface area contributed by atoms with Gasteiger partial charge >= 0.3 is 10.8 Å². The molecule has 148 valence electrons. The molecule has 7 nitrogen and oxygen atoms in total. The van der Waals surface area contributed by atoms with Gasteiger partial charge in [0.15, 0.2) is 0 Å². The molecule has 3 rings (SSSR count). The van der Waals surface area contributed by atoms with Crippen LogP contribution >= 0.6 is 11.3 Å². The second-order valence-corrected chi connectivity index (χ2v) is 9.04. The number of hydrogen-bond donors (Lipinski definition) is 1. The lowest BCUT2D eigenvalue weighted by molar-refractivity contribution is 0.0526. The van der Waals surface area contributed by atoms with Crippen molar-refractivity contribution in [3.8, 4) is 0 Å². The van der Waals surface area contributed by atoms with E-state index in [1.165, 1.54) is 24.3 Å². The molecular weight excluding hydrogens is 400 g/mol. The second-order valence-electron chi connectivity index (χ2n) is 6.36. The number of ether oxygens (including phenoxy) is 1. The number of nitrogens with zero attached hydrogens (tertiary/aromatic N) is 1. The molecule has 28 heavy (non-hydrogen) atoms. The van der Waals surface area contributed by atoms with E-state index < -0.39 is 16.0 Å². The number of sulfonamides is 1. The first-order valence-corrected chi connectivity index (χ1v) is 11.0. The van der Waals surface area contributed by atoms with E-state index >= 15 is 0 Å². The van der Waals surface area contributed by atoms with Crippen LogP contribution in [0.2, 0.25) is 0 Å². The molecule has 0 atom stereocenters. The predicted molar refractivity (Wildman–Crippen MR) is 110 cm³/mol. The van der Waals surface area contributed by atoms with Crippen molar-refractivity contribution in [2.45, 2.75) is 31.7 Å². The van der Waals surface area contributed by atoms with Crippen LogP contribution in [0.25, 0.3) is 10.2 Å². The standard InChI is InChI=1S/C19H20N2O5S2/c1-4-26-18(22)13-5-8-15(9-6-13)28(24,25)20-14-7-10-16-17(11-14)27-19(23)21(16)12(2)3/h5-12,20H,4H2,1-3H3. The van der Waals surface area contributed by atoms with Crippen molar-refractivity contribution in [1.29, 1.82) is 0 Å². The highest BCUT2D eigenvalue weighted by Gasteiger charge is 2.17. The third kappa shape index (κ3) is 3.95. The Balaban J connectivity index is 1.88. The number of rotatable bonds is 6. The van der Waals surface area contributed by atoms with E-state index in [0.717, 1.165) is 16.9 Å². The van der Waals surface area contributed by atoms with Crippen LogP contribution in [0.3, 0.4) is 0 Å². The van der Waals surface area contributed by atoms with Gasteiger partial charge in [0, 0.05) is 6.04 Å². The average Bonchev–Trinajstić information content (AvgIpc) is 2.96. The lowest BCUT2D eigenvalue weighted by Gasteiger charge is -2.10. The molecule has 3 aromatic rings. The van der Waals surface area contributed by atoms with Gasteiger partial charge in [0.1, 0.15) is 0 Å². The minimum atomic E-state index is -3.84. The molecule has 0 fully saturated rings. The lowest BCUT2D eigenvalue weighted by Crippen LogP contribution is -2.15. The normalized spacial score (nSPS) is 11.7. The fourth-order valence-electron chi connectivity index (χ4n) is 2.79. The topological polar surface area (TPSA) is 94.5 Å². The predicted octanol–water partition coefficient (Wildman–Crippen LogP) is 3.62. The van der Waals surface area contributed by atoms with Gasteiger partial charge in [-0.05, 0) is 63.2 Å². The number of fused-ring (bicyclic) bond motifs is 1. The number of thiazole rings is 1. The summed E-state index contributed by atoms with van der Waals surface area (Å²) < 4.78 is 35.0. The number of aromatic nitrogens is 1. The van der Waals surface area contributed by atoms with Gasteiger partial charge in [0.25, 0.3) is 10.0 Å². The number of hydrogen-bond acceptors (Lipinski definition) is 6. The summed E-state index contributed by atoms with van der Waals surface area (Å²) in [7, 11) is -3.84. The maximum absolute atomic E-state index is 12.6. The highest BCUT2D eigenvalue weighted by atomic mass is 32.2. The largest absolute Gasteiger partial charge is 0.462 e.